The number of alkyl halides is 3. The molecule has 0 bridgehead atoms. The first-order chi connectivity index (χ1) is 15.6. The Bertz CT molecular complexity index is 1040. The van der Waals surface area contributed by atoms with Crippen molar-refractivity contribution in [3.05, 3.63) is 59.7 Å². The molecule has 1 aliphatic carbocycles. The zero-order valence-electron chi connectivity index (χ0n) is 18.3. The first kappa shape index (κ1) is 24.5. The van der Waals surface area contributed by atoms with Crippen molar-refractivity contribution in [1.29, 1.82) is 0 Å². The van der Waals surface area contributed by atoms with Gasteiger partial charge in [0.05, 0.1) is 0 Å². The lowest BCUT2D eigenvalue weighted by Crippen LogP contribution is -2.44. The first-order valence-corrected chi connectivity index (χ1v) is 11.0. The van der Waals surface area contributed by atoms with E-state index in [1.54, 1.807) is 19.1 Å². The molecule has 1 aliphatic rings. The number of nitrogens with one attached hydrogen (secondary N) is 1. The number of ketones is 1. The highest BCUT2D eigenvalue weighted by Gasteiger charge is 2.38. The highest BCUT2D eigenvalue weighted by atomic mass is 19.4. The molecule has 33 heavy (non-hydrogen) atoms. The predicted octanol–water partition coefficient (Wildman–Crippen LogP) is 4.50. The summed E-state index contributed by atoms with van der Waals surface area (Å²) in [7, 11) is 0. The summed E-state index contributed by atoms with van der Waals surface area (Å²) in [5.74, 6) is -4.20. The molecular formula is C25H27F3N2O3. The number of primary amides is 1. The Morgan fingerprint density at radius 2 is 1.67 bits per heavy atom. The van der Waals surface area contributed by atoms with E-state index in [-0.39, 0.29) is 18.6 Å². The van der Waals surface area contributed by atoms with Crippen molar-refractivity contribution in [2.75, 3.05) is 0 Å². The van der Waals surface area contributed by atoms with Gasteiger partial charge in [-0.3, -0.25) is 14.4 Å². The highest BCUT2D eigenvalue weighted by molar-refractivity contribution is 5.97. The molecule has 0 fully saturated rings. The van der Waals surface area contributed by atoms with Gasteiger partial charge in [0.15, 0.2) is 5.78 Å². The van der Waals surface area contributed by atoms with Gasteiger partial charge in [0.25, 0.3) is 0 Å². The number of Topliss-reactive ketones (excluding diaryl/α,β-unsaturated/α-hetero) is 1. The molecule has 0 spiro atoms. The van der Waals surface area contributed by atoms with E-state index in [9.17, 15) is 27.6 Å². The van der Waals surface area contributed by atoms with Gasteiger partial charge in [-0.15, -0.1) is 0 Å². The van der Waals surface area contributed by atoms with Crippen molar-refractivity contribution in [3.63, 3.8) is 0 Å². The Labute approximate surface area is 190 Å². The largest absolute Gasteiger partial charge is 0.389 e. The minimum atomic E-state index is -4.49. The van der Waals surface area contributed by atoms with Crippen molar-refractivity contribution < 1.29 is 27.6 Å². The van der Waals surface area contributed by atoms with Crippen LogP contribution in [0.5, 0.6) is 0 Å². The van der Waals surface area contributed by atoms with Crippen LogP contribution in [-0.2, 0) is 20.8 Å². The van der Waals surface area contributed by atoms with E-state index in [1.807, 2.05) is 36.4 Å². The van der Waals surface area contributed by atoms with Crippen LogP contribution in [0.2, 0.25) is 0 Å². The quantitative estimate of drug-likeness (QED) is 0.608. The van der Waals surface area contributed by atoms with Crippen molar-refractivity contribution in [1.82, 2.24) is 5.32 Å². The van der Waals surface area contributed by atoms with Gasteiger partial charge in [-0.2, -0.15) is 13.2 Å². The van der Waals surface area contributed by atoms with Crippen LogP contribution in [0.1, 0.15) is 49.8 Å². The van der Waals surface area contributed by atoms with E-state index in [2.05, 4.69) is 5.32 Å². The summed E-state index contributed by atoms with van der Waals surface area (Å²) in [5, 5.41) is 2.67. The summed E-state index contributed by atoms with van der Waals surface area (Å²) < 4.78 is 38.9. The molecule has 3 rings (SSSR count). The van der Waals surface area contributed by atoms with Gasteiger partial charge in [0.2, 0.25) is 11.8 Å². The number of nitrogens with two attached hydrogens (primary N) is 1. The highest BCUT2D eigenvalue weighted by Crippen LogP contribution is 2.36. The Morgan fingerprint density at radius 1 is 1.03 bits per heavy atom. The lowest BCUT2D eigenvalue weighted by Gasteiger charge is -2.27. The molecule has 3 N–H and O–H groups in total. The van der Waals surface area contributed by atoms with Crippen molar-refractivity contribution in [2.24, 2.45) is 17.6 Å². The lowest BCUT2D eigenvalue weighted by atomic mass is 9.83. The third kappa shape index (κ3) is 5.80. The molecule has 2 amide bonds. The average Bonchev–Trinajstić information content (AvgIpc) is 2.87. The molecule has 176 valence electrons. The summed E-state index contributed by atoms with van der Waals surface area (Å²) in [4.78, 5) is 38.4. The summed E-state index contributed by atoms with van der Waals surface area (Å²) in [6, 6.07) is 13.5. The number of hydrogen-bond donors (Lipinski definition) is 2. The fraction of sp³-hybridized carbons (Fsp3) is 0.400. The van der Waals surface area contributed by atoms with Crippen LogP contribution >= 0.6 is 0 Å². The van der Waals surface area contributed by atoms with Crippen LogP contribution in [0.25, 0.3) is 11.1 Å². The molecule has 2 aromatic rings. The van der Waals surface area contributed by atoms with Crippen LogP contribution in [-0.4, -0.2) is 23.8 Å². The van der Waals surface area contributed by atoms with E-state index >= 15 is 0 Å². The van der Waals surface area contributed by atoms with E-state index in [1.165, 1.54) is 0 Å². The average molecular weight is 460 g/mol. The topological polar surface area (TPSA) is 89.3 Å². The Hall–Kier alpha value is -3.16. The molecule has 0 saturated heterocycles. The van der Waals surface area contributed by atoms with E-state index < -0.39 is 48.7 Å². The van der Waals surface area contributed by atoms with Gasteiger partial charge in [-0.1, -0.05) is 61.9 Å². The Balaban J connectivity index is 1.95. The molecule has 0 aliphatic heterocycles. The summed E-state index contributed by atoms with van der Waals surface area (Å²) in [5.41, 5.74) is 8.47. The molecule has 3 atom stereocenters. The third-order valence-corrected chi connectivity index (χ3v) is 6.08. The number of benzene rings is 2. The van der Waals surface area contributed by atoms with Gasteiger partial charge in [0.1, 0.15) is 6.04 Å². The number of fused-ring (bicyclic) bond motifs is 3. The predicted molar refractivity (Wildman–Crippen MR) is 118 cm³/mol. The molecule has 0 saturated carbocycles. The molecule has 5 nitrogen and oxygen atoms in total. The molecule has 8 heteroatoms. The van der Waals surface area contributed by atoms with Crippen LogP contribution in [0, 0.1) is 11.8 Å². The molecule has 0 radical (unpaired) electrons. The van der Waals surface area contributed by atoms with Crippen LogP contribution in [0.15, 0.2) is 48.5 Å². The number of amides is 2. The maximum Gasteiger partial charge on any atom is 0.389 e. The summed E-state index contributed by atoms with van der Waals surface area (Å²) in [6.07, 6.45) is -5.56. The maximum absolute atomic E-state index is 13.3. The number of rotatable bonds is 8. The Kier molecular flexibility index (Phi) is 7.56. The van der Waals surface area contributed by atoms with Crippen molar-refractivity contribution in [2.45, 2.75) is 51.2 Å². The third-order valence-electron chi connectivity index (χ3n) is 6.08. The minimum absolute atomic E-state index is 0.0667. The number of halogens is 3. The number of hydrogen-bond acceptors (Lipinski definition) is 3. The summed E-state index contributed by atoms with van der Waals surface area (Å²) in [6.45, 7) is 1.76. The van der Waals surface area contributed by atoms with Crippen molar-refractivity contribution >= 4 is 17.6 Å². The molecule has 0 aromatic heterocycles. The van der Waals surface area contributed by atoms with E-state index in [0.717, 1.165) is 16.7 Å². The molecular weight excluding hydrogens is 433 g/mol. The Morgan fingerprint density at radius 3 is 2.30 bits per heavy atom. The second kappa shape index (κ2) is 10.2. The van der Waals surface area contributed by atoms with Gasteiger partial charge >= 0.3 is 6.18 Å². The minimum Gasteiger partial charge on any atom is -0.369 e. The zero-order valence-corrected chi connectivity index (χ0v) is 18.3. The second-order valence-corrected chi connectivity index (χ2v) is 8.39. The molecule has 0 heterocycles. The number of carbonyl (C=O) groups is 3. The van der Waals surface area contributed by atoms with E-state index in [0.29, 0.717) is 12.0 Å². The van der Waals surface area contributed by atoms with Gasteiger partial charge in [0, 0.05) is 24.7 Å². The van der Waals surface area contributed by atoms with Gasteiger partial charge in [-0.05, 0) is 35.1 Å². The van der Waals surface area contributed by atoms with Gasteiger partial charge in [-0.25, -0.2) is 0 Å². The number of carbonyl (C=O) groups excluding carboxylic acids is 3. The summed E-state index contributed by atoms with van der Waals surface area (Å²) >= 11 is 0. The van der Waals surface area contributed by atoms with Crippen molar-refractivity contribution in [3.8, 4) is 11.1 Å². The standard InChI is InChI=1S/C25H27F3N2O3/c1-2-7-19(23(29)32)20(12-13-25(26,27)28)24(33)30-22-18-11-6-5-10-17(18)16-9-4-3-8-15(16)14-21(22)31/h3-6,8-11,19-20,22H,2,7,12-14H2,1H3,(H2,29,32)(H,30,33)/t19-,20+,22-/m0/s1. The smallest absolute Gasteiger partial charge is 0.369 e. The fourth-order valence-corrected chi connectivity index (χ4v) is 4.49. The fourth-order valence-electron chi connectivity index (χ4n) is 4.49. The molecule has 0 unspecified atom stereocenters. The SMILES string of the molecule is CCC[C@H](C(N)=O)[C@@H](CCC(F)(F)F)C(=O)N[C@@H]1C(=O)Cc2ccccc2-c2ccccc21. The zero-order chi connectivity index (χ0) is 24.2. The lowest BCUT2D eigenvalue weighted by molar-refractivity contribution is -0.146. The van der Waals surface area contributed by atoms with Crippen LogP contribution in [0.4, 0.5) is 13.2 Å². The van der Waals surface area contributed by atoms with Crippen LogP contribution < -0.4 is 11.1 Å². The maximum atomic E-state index is 13.3. The van der Waals surface area contributed by atoms with Crippen LogP contribution in [0.3, 0.4) is 0 Å². The molecule has 2 aromatic carbocycles. The first-order valence-electron chi connectivity index (χ1n) is 11.0. The normalized spacial score (nSPS) is 17.3. The van der Waals surface area contributed by atoms with Gasteiger partial charge < -0.3 is 11.1 Å². The monoisotopic (exact) mass is 460 g/mol. The second-order valence-electron chi connectivity index (χ2n) is 8.39. The van der Waals surface area contributed by atoms with E-state index in [4.69, 9.17) is 5.73 Å².